The standard InChI is InChI=1S/C16H17N3O2S/c1-2-11-22(20,21)18-14-8-4-3-7-13(14)15-12-19-10-6-5-9-16(19)17-15/h3-10,12,18H,2,11H2,1H3. The van der Waals surface area contributed by atoms with Gasteiger partial charge in [0.2, 0.25) is 10.0 Å². The van der Waals surface area contributed by atoms with E-state index in [0.29, 0.717) is 12.1 Å². The van der Waals surface area contributed by atoms with Crippen LogP contribution >= 0.6 is 0 Å². The number of hydrogen-bond donors (Lipinski definition) is 1. The molecule has 0 atom stereocenters. The molecule has 0 spiro atoms. The van der Waals surface area contributed by atoms with E-state index >= 15 is 0 Å². The normalized spacial score (nSPS) is 11.7. The Hall–Kier alpha value is -2.34. The van der Waals surface area contributed by atoms with Crippen LogP contribution in [-0.2, 0) is 10.0 Å². The zero-order valence-corrected chi connectivity index (χ0v) is 13.0. The average Bonchev–Trinajstić information content (AvgIpc) is 2.91. The zero-order valence-electron chi connectivity index (χ0n) is 12.2. The van der Waals surface area contributed by atoms with Crippen molar-refractivity contribution in [2.45, 2.75) is 13.3 Å². The molecule has 0 saturated carbocycles. The van der Waals surface area contributed by atoms with Gasteiger partial charge in [-0.1, -0.05) is 31.2 Å². The predicted octanol–water partition coefficient (Wildman–Crippen LogP) is 3.15. The van der Waals surface area contributed by atoms with E-state index in [-0.39, 0.29) is 5.75 Å². The maximum Gasteiger partial charge on any atom is 0.232 e. The first-order chi connectivity index (χ1) is 10.6. The van der Waals surface area contributed by atoms with Crippen LogP contribution in [0.3, 0.4) is 0 Å². The van der Waals surface area contributed by atoms with Gasteiger partial charge in [-0.2, -0.15) is 0 Å². The third-order valence-electron chi connectivity index (χ3n) is 3.31. The lowest BCUT2D eigenvalue weighted by atomic mass is 10.1. The molecule has 0 aliphatic heterocycles. The summed E-state index contributed by atoms with van der Waals surface area (Å²) in [5.41, 5.74) is 2.88. The number of pyridine rings is 1. The quantitative estimate of drug-likeness (QED) is 0.786. The number of anilines is 1. The van der Waals surface area contributed by atoms with Crippen molar-refractivity contribution in [2.75, 3.05) is 10.5 Å². The van der Waals surface area contributed by atoms with Gasteiger partial charge in [0, 0.05) is 18.0 Å². The fraction of sp³-hybridized carbons (Fsp3) is 0.188. The number of benzene rings is 1. The number of nitrogens with zero attached hydrogens (tertiary/aromatic N) is 2. The van der Waals surface area contributed by atoms with Crippen molar-refractivity contribution in [1.82, 2.24) is 9.38 Å². The molecule has 0 unspecified atom stereocenters. The van der Waals surface area contributed by atoms with Crippen molar-refractivity contribution in [2.24, 2.45) is 0 Å². The molecule has 0 aliphatic carbocycles. The molecular formula is C16H17N3O2S. The SMILES string of the molecule is CCCS(=O)(=O)Nc1ccccc1-c1cn2ccccc2n1. The van der Waals surface area contributed by atoms with Crippen LogP contribution < -0.4 is 4.72 Å². The minimum atomic E-state index is -3.33. The predicted molar refractivity (Wildman–Crippen MR) is 88.3 cm³/mol. The third-order valence-corrected chi connectivity index (χ3v) is 4.78. The fourth-order valence-corrected chi connectivity index (χ4v) is 3.50. The molecule has 2 heterocycles. The molecule has 0 amide bonds. The Kier molecular flexibility index (Phi) is 3.85. The highest BCUT2D eigenvalue weighted by Crippen LogP contribution is 2.28. The van der Waals surface area contributed by atoms with E-state index in [2.05, 4.69) is 9.71 Å². The van der Waals surface area contributed by atoms with Crippen LogP contribution in [0.4, 0.5) is 5.69 Å². The summed E-state index contributed by atoms with van der Waals surface area (Å²) in [4.78, 5) is 4.55. The van der Waals surface area contributed by atoms with Gasteiger partial charge in [0.1, 0.15) is 5.65 Å². The van der Waals surface area contributed by atoms with E-state index in [4.69, 9.17) is 0 Å². The molecule has 114 valence electrons. The molecule has 3 rings (SSSR count). The number of sulfonamides is 1. The van der Waals surface area contributed by atoms with Gasteiger partial charge in [-0.25, -0.2) is 13.4 Å². The Bertz CT molecular complexity index is 867. The van der Waals surface area contributed by atoms with Gasteiger partial charge in [-0.05, 0) is 24.6 Å². The number of nitrogens with one attached hydrogen (secondary N) is 1. The lowest BCUT2D eigenvalue weighted by Crippen LogP contribution is -2.16. The Morgan fingerprint density at radius 3 is 2.68 bits per heavy atom. The van der Waals surface area contributed by atoms with Crippen molar-refractivity contribution in [3.63, 3.8) is 0 Å². The molecule has 0 saturated heterocycles. The molecule has 2 aromatic heterocycles. The van der Waals surface area contributed by atoms with E-state index in [0.717, 1.165) is 16.9 Å². The summed E-state index contributed by atoms with van der Waals surface area (Å²) in [7, 11) is -3.33. The van der Waals surface area contributed by atoms with Gasteiger partial charge >= 0.3 is 0 Å². The number of para-hydroxylation sites is 1. The van der Waals surface area contributed by atoms with Crippen LogP contribution in [0, 0.1) is 0 Å². The average molecular weight is 315 g/mol. The largest absolute Gasteiger partial charge is 0.306 e. The Labute approximate surface area is 129 Å². The smallest absolute Gasteiger partial charge is 0.232 e. The van der Waals surface area contributed by atoms with Crippen LogP contribution in [0.25, 0.3) is 16.9 Å². The van der Waals surface area contributed by atoms with E-state index in [1.54, 1.807) is 6.07 Å². The van der Waals surface area contributed by atoms with Gasteiger partial charge < -0.3 is 4.40 Å². The number of rotatable bonds is 5. The minimum Gasteiger partial charge on any atom is -0.306 e. The third kappa shape index (κ3) is 2.96. The molecule has 22 heavy (non-hydrogen) atoms. The number of fused-ring (bicyclic) bond motifs is 1. The van der Waals surface area contributed by atoms with E-state index in [1.165, 1.54) is 0 Å². The first-order valence-electron chi connectivity index (χ1n) is 7.13. The molecule has 3 aromatic rings. The van der Waals surface area contributed by atoms with Gasteiger partial charge in [-0.15, -0.1) is 0 Å². The Morgan fingerprint density at radius 2 is 1.91 bits per heavy atom. The van der Waals surface area contributed by atoms with E-state index in [1.807, 2.05) is 60.1 Å². The van der Waals surface area contributed by atoms with Crippen molar-refractivity contribution in [1.29, 1.82) is 0 Å². The minimum absolute atomic E-state index is 0.104. The van der Waals surface area contributed by atoms with Crippen LogP contribution in [-0.4, -0.2) is 23.6 Å². The molecule has 1 N–H and O–H groups in total. The molecule has 6 heteroatoms. The first-order valence-corrected chi connectivity index (χ1v) is 8.78. The maximum absolute atomic E-state index is 12.0. The molecule has 0 bridgehead atoms. The summed E-state index contributed by atoms with van der Waals surface area (Å²) in [6.07, 6.45) is 4.38. The fourth-order valence-electron chi connectivity index (χ4n) is 2.35. The van der Waals surface area contributed by atoms with Crippen molar-refractivity contribution < 1.29 is 8.42 Å². The monoisotopic (exact) mass is 315 g/mol. The summed E-state index contributed by atoms with van der Waals surface area (Å²) in [5, 5.41) is 0. The highest BCUT2D eigenvalue weighted by molar-refractivity contribution is 7.92. The van der Waals surface area contributed by atoms with Crippen LogP contribution in [0.1, 0.15) is 13.3 Å². The highest BCUT2D eigenvalue weighted by Gasteiger charge is 2.14. The van der Waals surface area contributed by atoms with Gasteiger partial charge in [0.05, 0.1) is 17.1 Å². The maximum atomic E-state index is 12.0. The molecule has 0 aliphatic rings. The second-order valence-electron chi connectivity index (χ2n) is 5.06. The molecule has 0 fully saturated rings. The highest BCUT2D eigenvalue weighted by atomic mass is 32.2. The molecule has 1 aromatic carbocycles. The second-order valence-corrected chi connectivity index (χ2v) is 6.90. The van der Waals surface area contributed by atoms with Crippen molar-refractivity contribution >= 4 is 21.4 Å². The van der Waals surface area contributed by atoms with Crippen molar-refractivity contribution in [3.05, 3.63) is 54.9 Å². The lowest BCUT2D eigenvalue weighted by Gasteiger charge is -2.10. The number of imidazole rings is 1. The topological polar surface area (TPSA) is 63.5 Å². The molecule has 0 radical (unpaired) electrons. The molecule has 5 nitrogen and oxygen atoms in total. The summed E-state index contributed by atoms with van der Waals surface area (Å²) >= 11 is 0. The van der Waals surface area contributed by atoms with Gasteiger partial charge in [-0.3, -0.25) is 4.72 Å². The molecular weight excluding hydrogens is 298 g/mol. The first kappa shape index (κ1) is 14.6. The van der Waals surface area contributed by atoms with Crippen molar-refractivity contribution in [3.8, 4) is 11.3 Å². The lowest BCUT2D eigenvalue weighted by molar-refractivity contribution is 0.600. The van der Waals surface area contributed by atoms with E-state index in [9.17, 15) is 8.42 Å². The summed E-state index contributed by atoms with van der Waals surface area (Å²) in [6.45, 7) is 1.84. The van der Waals surface area contributed by atoms with Gasteiger partial charge in [0.25, 0.3) is 0 Å². The number of hydrogen-bond acceptors (Lipinski definition) is 3. The summed E-state index contributed by atoms with van der Waals surface area (Å²) in [6, 6.07) is 13.1. The second kappa shape index (κ2) is 5.81. The van der Waals surface area contributed by atoms with Crippen LogP contribution in [0.2, 0.25) is 0 Å². The Balaban J connectivity index is 2.04. The van der Waals surface area contributed by atoms with Crippen LogP contribution in [0.5, 0.6) is 0 Å². The number of aromatic nitrogens is 2. The van der Waals surface area contributed by atoms with Crippen LogP contribution in [0.15, 0.2) is 54.9 Å². The van der Waals surface area contributed by atoms with E-state index < -0.39 is 10.0 Å². The summed E-state index contributed by atoms with van der Waals surface area (Å²) < 4.78 is 28.6. The summed E-state index contributed by atoms with van der Waals surface area (Å²) in [5.74, 6) is 0.104. The zero-order chi connectivity index (χ0) is 15.6. The Morgan fingerprint density at radius 1 is 1.14 bits per heavy atom. The van der Waals surface area contributed by atoms with Gasteiger partial charge in [0.15, 0.2) is 0 Å².